The van der Waals surface area contributed by atoms with Crippen molar-refractivity contribution in [3.05, 3.63) is 39.4 Å². The van der Waals surface area contributed by atoms with Gasteiger partial charge in [-0.3, -0.25) is 0 Å². The molecule has 126 valence electrons. The fourth-order valence-corrected chi connectivity index (χ4v) is 3.74. The van der Waals surface area contributed by atoms with E-state index in [1.165, 1.54) is 34.5 Å². The van der Waals surface area contributed by atoms with Gasteiger partial charge < -0.3 is 16.0 Å². The van der Waals surface area contributed by atoms with E-state index in [4.69, 9.17) is 11.6 Å². The zero-order chi connectivity index (χ0) is 16.4. The molecule has 0 saturated carbocycles. The topological polar surface area (TPSA) is 48.4 Å². The van der Waals surface area contributed by atoms with Crippen molar-refractivity contribution in [1.29, 1.82) is 0 Å². The molecule has 1 unspecified atom stereocenters. The van der Waals surface area contributed by atoms with E-state index in [0.29, 0.717) is 17.1 Å². The predicted molar refractivity (Wildman–Crippen MR) is 102 cm³/mol. The highest BCUT2D eigenvalue weighted by molar-refractivity contribution is 6.29. The number of rotatable bonds is 3. The van der Waals surface area contributed by atoms with Gasteiger partial charge in [-0.2, -0.15) is 0 Å². The molecule has 1 aromatic rings. The van der Waals surface area contributed by atoms with Crippen molar-refractivity contribution in [2.24, 2.45) is 4.99 Å². The Morgan fingerprint density at radius 1 is 1.17 bits per heavy atom. The quantitative estimate of drug-likeness (QED) is 0.731. The van der Waals surface area contributed by atoms with E-state index in [1.807, 2.05) is 12.3 Å². The smallest absolute Gasteiger partial charge is 0.124 e. The van der Waals surface area contributed by atoms with Gasteiger partial charge in [-0.25, -0.2) is 4.99 Å². The number of hydrogen-bond acceptors (Lipinski definition) is 4. The van der Waals surface area contributed by atoms with Crippen LogP contribution in [-0.2, 0) is 0 Å². The van der Waals surface area contributed by atoms with E-state index in [2.05, 4.69) is 45.4 Å². The third kappa shape index (κ3) is 3.35. The third-order valence-corrected chi connectivity index (χ3v) is 5.22. The molecule has 24 heavy (non-hydrogen) atoms. The molecule has 0 aliphatic carbocycles. The Balaban J connectivity index is 1.69. The molecule has 3 heterocycles. The number of aliphatic imine (C=N–C) groups is 1. The van der Waals surface area contributed by atoms with E-state index in [-0.39, 0.29) is 0 Å². The Morgan fingerprint density at radius 2 is 2.04 bits per heavy atom. The van der Waals surface area contributed by atoms with Crippen LogP contribution in [0.5, 0.6) is 0 Å². The zero-order valence-electron chi connectivity index (χ0n) is 13.7. The second kappa shape index (κ2) is 6.99. The minimum Gasteiger partial charge on any atom is -0.387 e. The number of nitrogens with zero attached hydrogens (tertiary/aromatic N) is 1. The summed E-state index contributed by atoms with van der Waals surface area (Å²) >= 11 is 5.97. The number of anilines is 1. The summed E-state index contributed by atoms with van der Waals surface area (Å²) in [4.78, 5) is 4.29. The fraction of sp³-hybridized carbons (Fsp3) is 0.421. The van der Waals surface area contributed by atoms with Crippen LogP contribution in [0, 0.1) is 0 Å². The SMILES string of the molecule is ClC1=CCC(c2cc(NC3CCNCC3)c3c(c2)=CCNC=3)C=N1. The summed E-state index contributed by atoms with van der Waals surface area (Å²) in [5.74, 6) is 0.301. The molecule has 0 spiro atoms. The second-order valence-electron chi connectivity index (χ2n) is 6.64. The Kier molecular flexibility index (Phi) is 4.58. The summed E-state index contributed by atoms with van der Waals surface area (Å²) in [7, 11) is 0. The lowest BCUT2D eigenvalue weighted by Crippen LogP contribution is -2.40. The first kappa shape index (κ1) is 15.7. The number of hydrogen-bond donors (Lipinski definition) is 3. The monoisotopic (exact) mass is 342 g/mol. The van der Waals surface area contributed by atoms with Gasteiger partial charge in [-0.1, -0.05) is 23.7 Å². The van der Waals surface area contributed by atoms with Crippen LogP contribution in [0.3, 0.4) is 0 Å². The van der Waals surface area contributed by atoms with E-state index >= 15 is 0 Å². The Hall–Kier alpha value is -1.78. The molecule has 3 N–H and O–H groups in total. The molecule has 4 rings (SSSR count). The molecular formula is C19H23ClN4. The maximum Gasteiger partial charge on any atom is 0.124 e. The van der Waals surface area contributed by atoms with Gasteiger partial charge >= 0.3 is 0 Å². The Morgan fingerprint density at radius 3 is 2.83 bits per heavy atom. The van der Waals surface area contributed by atoms with Crippen molar-refractivity contribution in [1.82, 2.24) is 10.6 Å². The average Bonchev–Trinajstić information content (AvgIpc) is 2.63. The van der Waals surface area contributed by atoms with Crippen LogP contribution in [0.15, 0.2) is 28.4 Å². The molecule has 4 nitrogen and oxygen atoms in total. The molecule has 0 radical (unpaired) electrons. The highest BCUT2D eigenvalue weighted by Crippen LogP contribution is 2.25. The highest BCUT2D eigenvalue weighted by atomic mass is 35.5. The summed E-state index contributed by atoms with van der Waals surface area (Å²) in [5, 5.41) is 13.7. The van der Waals surface area contributed by atoms with E-state index in [9.17, 15) is 0 Å². The van der Waals surface area contributed by atoms with Crippen LogP contribution < -0.4 is 26.4 Å². The van der Waals surface area contributed by atoms with E-state index < -0.39 is 0 Å². The molecule has 1 atom stereocenters. The van der Waals surface area contributed by atoms with Crippen molar-refractivity contribution in [3.63, 3.8) is 0 Å². The maximum atomic E-state index is 5.97. The van der Waals surface area contributed by atoms with Crippen molar-refractivity contribution in [2.45, 2.75) is 31.2 Å². The minimum atomic E-state index is 0.301. The van der Waals surface area contributed by atoms with Crippen molar-refractivity contribution in [3.8, 4) is 0 Å². The number of benzene rings is 1. The summed E-state index contributed by atoms with van der Waals surface area (Å²) in [6, 6.07) is 5.13. The minimum absolute atomic E-state index is 0.301. The summed E-state index contributed by atoms with van der Waals surface area (Å²) < 4.78 is 0. The number of nitrogens with one attached hydrogen (secondary N) is 3. The Bertz CT molecular complexity index is 790. The lowest BCUT2D eigenvalue weighted by molar-refractivity contribution is 0.479. The van der Waals surface area contributed by atoms with Gasteiger partial charge in [-0.05, 0) is 55.3 Å². The molecule has 0 amide bonds. The molecule has 0 aromatic heterocycles. The van der Waals surface area contributed by atoms with E-state index in [1.54, 1.807) is 0 Å². The molecule has 3 aliphatic rings. The normalized spacial score (nSPS) is 23.4. The number of piperidine rings is 1. The van der Waals surface area contributed by atoms with Crippen LogP contribution in [0.25, 0.3) is 12.3 Å². The molecule has 1 aromatic carbocycles. The molecule has 1 fully saturated rings. The van der Waals surface area contributed by atoms with Crippen molar-refractivity contribution in [2.75, 3.05) is 25.0 Å². The standard InChI is InChI=1S/C19H23ClN4/c20-19-2-1-14(11-23-19)15-9-13-3-6-22-12-17(13)18(10-15)24-16-4-7-21-8-5-16/h2-3,9-12,14,16,21-22,24H,1,4-8H2. The summed E-state index contributed by atoms with van der Waals surface area (Å²) in [6.45, 7) is 3.06. The number of allylic oxidation sites excluding steroid dienone is 1. The van der Waals surface area contributed by atoms with Crippen LogP contribution in [0.1, 0.15) is 30.7 Å². The molecule has 0 bridgehead atoms. The molecule has 1 saturated heterocycles. The zero-order valence-corrected chi connectivity index (χ0v) is 14.4. The van der Waals surface area contributed by atoms with Gasteiger partial charge in [0.25, 0.3) is 0 Å². The first-order valence-corrected chi connectivity index (χ1v) is 9.12. The number of fused-ring (bicyclic) bond motifs is 1. The first-order chi connectivity index (χ1) is 11.8. The highest BCUT2D eigenvalue weighted by Gasteiger charge is 2.17. The van der Waals surface area contributed by atoms with Crippen LogP contribution in [0.2, 0.25) is 0 Å². The lowest BCUT2D eigenvalue weighted by Gasteiger charge is -2.26. The summed E-state index contributed by atoms with van der Waals surface area (Å²) in [6.07, 6.45) is 11.6. The van der Waals surface area contributed by atoms with Gasteiger partial charge in [0.1, 0.15) is 5.16 Å². The lowest BCUT2D eigenvalue weighted by atomic mass is 9.93. The van der Waals surface area contributed by atoms with Gasteiger partial charge in [0.05, 0.1) is 0 Å². The molecule has 3 aliphatic heterocycles. The molecule has 5 heteroatoms. The molecular weight excluding hydrogens is 320 g/mol. The predicted octanol–water partition coefficient (Wildman–Crippen LogP) is 1.61. The van der Waals surface area contributed by atoms with Gasteiger partial charge in [0.15, 0.2) is 0 Å². The largest absolute Gasteiger partial charge is 0.387 e. The van der Waals surface area contributed by atoms with Crippen molar-refractivity contribution >= 4 is 35.8 Å². The second-order valence-corrected chi connectivity index (χ2v) is 7.03. The van der Waals surface area contributed by atoms with Crippen LogP contribution in [-0.4, -0.2) is 31.9 Å². The Labute approximate surface area is 147 Å². The van der Waals surface area contributed by atoms with Crippen molar-refractivity contribution < 1.29 is 0 Å². The fourth-order valence-electron chi connectivity index (χ4n) is 3.60. The third-order valence-electron chi connectivity index (χ3n) is 4.97. The first-order valence-electron chi connectivity index (χ1n) is 8.74. The van der Waals surface area contributed by atoms with E-state index in [0.717, 1.165) is 26.1 Å². The van der Waals surface area contributed by atoms with Crippen LogP contribution in [0.4, 0.5) is 5.69 Å². The van der Waals surface area contributed by atoms with Crippen LogP contribution >= 0.6 is 11.6 Å². The van der Waals surface area contributed by atoms with Gasteiger partial charge in [-0.15, -0.1) is 0 Å². The van der Waals surface area contributed by atoms with Gasteiger partial charge in [0.2, 0.25) is 0 Å². The maximum absolute atomic E-state index is 5.97. The summed E-state index contributed by atoms with van der Waals surface area (Å²) in [5.41, 5.74) is 2.54. The average molecular weight is 343 g/mol. The van der Waals surface area contributed by atoms with Gasteiger partial charge in [0, 0.05) is 41.8 Å². The number of halogens is 1.